The van der Waals surface area contributed by atoms with Crippen LogP contribution in [0.3, 0.4) is 0 Å². The summed E-state index contributed by atoms with van der Waals surface area (Å²) in [7, 11) is 0.385. The van der Waals surface area contributed by atoms with Crippen LogP contribution >= 0.6 is 0 Å². The lowest BCUT2D eigenvalue weighted by Gasteiger charge is -2.54. The second-order valence-corrected chi connectivity index (χ2v) is 11.4. The van der Waals surface area contributed by atoms with Crippen LogP contribution in [0, 0.1) is 17.8 Å². The Balaban J connectivity index is 1.15. The molecule has 0 radical (unpaired) electrons. The molecule has 150 valence electrons. The van der Waals surface area contributed by atoms with Gasteiger partial charge in [0.1, 0.15) is 28.6 Å². The summed E-state index contributed by atoms with van der Waals surface area (Å²) in [5.74, 6) is 4.24. The minimum Gasteiger partial charge on any atom is -0.482 e. The zero-order valence-electron chi connectivity index (χ0n) is 16.4. The molecule has 1 aromatic rings. The molecular formula is C23H29O4S+. The van der Waals surface area contributed by atoms with Crippen LogP contribution in [0.1, 0.15) is 51.4 Å². The van der Waals surface area contributed by atoms with Crippen molar-refractivity contribution in [2.45, 2.75) is 61.9 Å². The van der Waals surface area contributed by atoms with E-state index >= 15 is 0 Å². The van der Waals surface area contributed by atoms with Gasteiger partial charge in [0, 0.05) is 22.7 Å². The van der Waals surface area contributed by atoms with E-state index in [9.17, 15) is 9.59 Å². The van der Waals surface area contributed by atoms with E-state index in [0.717, 1.165) is 37.9 Å². The Kier molecular flexibility index (Phi) is 4.90. The van der Waals surface area contributed by atoms with E-state index < -0.39 is 5.60 Å². The number of hydrogen-bond acceptors (Lipinski definition) is 4. The maximum absolute atomic E-state index is 12.5. The molecule has 2 atom stereocenters. The number of carbonyl (C=O) groups excluding carboxylic acids is 2. The Morgan fingerprint density at radius 3 is 2.36 bits per heavy atom. The van der Waals surface area contributed by atoms with Gasteiger partial charge in [-0.25, -0.2) is 4.79 Å². The van der Waals surface area contributed by atoms with Crippen LogP contribution in [0.5, 0.6) is 5.75 Å². The molecular weight excluding hydrogens is 372 g/mol. The highest BCUT2D eigenvalue weighted by molar-refractivity contribution is 7.96. The molecule has 2 unspecified atom stereocenters. The van der Waals surface area contributed by atoms with Gasteiger partial charge in [-0.05, 0) is 81.5 Å². The Morgan fingerprint density at radius 1 is 1.00 bits per heavy atom. The van der Waals surface area contributed by atoms with Crippen LogP contribution < -0.4 is 4.74 Å². The number of Topliss-reactive ketones (excluding diaryl/α,β-unsaturated/α-hetero) is 1. The van der Waals surface area contributed by atoms with Crippen molar-refractivity contribution in [3.63, 3.8) is 0 Å². The van der Waals surface area contributed by atoms with Gasteiger partial charge in [-0.1, -0.05) is 0 Å². The van der Waals surface area contributed by atoms with Gasteiger partial charge in [-0.15, -0.1) is 0 Å². The van der Waals surface area contributed by atoms with Crippen molar-refractivity contribution >= 4 is 22.6 Å². The van der Waals surface area contributed by atoms with Crippen LogP contribution in [0.4, 0.5) is 0 Å². The Bertz CT molecular complexity index is 734. The van der Waals surface area contributed by atoms with E-state index in [2.05, 4.69) is 12.1 Å². The smallest absolute Gasteiger partial charge is 0.344 e. The average Bonchev–Trinajstić information content (AvgIpc) is 2.70. The lowest BCUT2D eigenvalue weighted by molar-refractivity contribution is -0.190. The second kappa shape index (κ2) is 7.40. The maximum atomic E-state index is 12.5. The van der Waals surface area contributed by atoms with E-state index in [1.165, 1.54) is 35.7 Å². The number of hydrogen-bond donors (Lipinski definition) is 0. The molecule has 4 saturated carbocycles. The summed E-state index contributed by atoms with van der Waals surface area (Å²) in [6.45, 7) is -0.0548. The molecule has 0 spiro atoms. The van der Waals surface area contributed by atoms with Crippen molar-refractivity contribution in [3.05, 3.63) is 24.3 Å². The van der Waals surface area contributed by atoms with Gasteiger partial charge < -0.3 is 9.47 Å². The van der Waals surface area contributed by atoms with Gasteiger partial charge in [-0.2, -0.15) is 0 Å². The van der Waals surface area contributed by atoms with E-state index in [4.69, 9.17) is 9.47 Å². The average molecular weight is 402 g/mol. The predicted octanol–water partition coefficient (Wildman–Crippen LogP) is 3.92. The van der Waals surface area contributed by atoms with Gasteiger partial charge in [0.05, 0.1) is 0 Å². The largest absolute Gasteiger partial charge is 0.482 e. The zero-order chi connectivity index (χ0) is 19.1. The lowest BCUT2D eigenvalue weighted by atomic mass is 9.53. The first kappa shape index (κ1) is 18.5. The molecule has 4 nitrogen and oxygen atoms in total. The number of benzene rings is 1. The molecule has 0 aromatic heterocycles. The minimum absolute atomic E-state index is 0.0548. The molecule has 4 aliphatic carbocycles. The van der Waals surface area contributed by atoms with E-state index in [0.29, 0.717) is 22.6 Å². The third kappa shape index (κ3) is 3.58. The standard InChI is InChI=1S/C23H29O4S/c24-21(27-23-12-16-10-17(13-23)22(25)18(11-16)14-23)15-26-19-4-6-20(7-5-19)28-8-2-1-3-9-28/h4-7,16-18H,1-3,8-15H2/q+1. The van der Waals surface area contributed by atoms with Gasteiger partial charge in [0.2, 0.25) is 0 Å². The fourth-order valence-corrected chi connectivity index (χ4v) is 8.31. The first-order chi connectivity index (χ1) is 13.6. The SMILES string of the molecule is O=C(COc1ccc([S+]2CCCCC2)cc1)OC12CC3CC(C1)C(=O)C(C3)C2. The first-order valence-corrected chi connectivity index (χ1v) is 12.3. The minimum atomic E-state index is -0.406. The number of esters is 1. The molecule has 6 rings (SSSR count). The predicted molar refractivity (Wildman–Crippen MR) is 109 cm³/mol. The quantitative estimate of drug-likeness (QED) is 0.554. The molecule has 0 N–H and O–H groups in total. The summed E-state index contributed by atoms with van der Waals surface area (Å²) in [6.07, 6.45) is 8.41. The molecule has 5 heteroatoms. The topological polar surface area (TPSA) is 52.6 Å². The molecule has 5 aliphatic rings. The molecule has 1 saturated heterocycles. The Morgan fingerprint density at radius 2 is 1.68 bits per heavy atom. The molecule has 1 aromatic carbocycles. The molecule has 4 bridgehead atoms. The fourth-order valence-electron chi connectivity index (χ4n) is 6.01. The van der Waals surface area contributed by atoms with Crippen LogP contribution in [0.2, 0.25) is 0 Å². The third-order valence-corrected chi connectivity index (χ3v) is 9.57. The molecule has 1 heterocycles. The van der Waals surface area contributed by atoms with Gasteiger partial charge in [0.25, 0.3) is 0 Å². The normalized spacial score (nSPS) is 34.4. The molecule has 1 aliphatic heterocycles. The van der Waals surface area contributed by atoms with Crippen LogP contribution in [-0.4, -0.2) is 35.5 Å². The summed E-state index contributed by atoms with van der Waals surface area (Å²) in [6, 6.07) is 8.26. The second-order valence-electron chi connectivity index (χ2n) is 9.12. The van der Waals surface area contributed by atoms with Gasteiger partial charge >= 0.3 is 5.97 Å². The van der Waals surface area contributed by atoms with Crippen LogP contribution in [0.15, 0.2) is 29.2 Å². The number of carbonyl (C=O) groups is 2. The highest BCUT2D eigenvalue weighted by Gasteiger charge is 2.57. The highest BCUT2D eigenvalue weighted by Crippen LogP contribution is 2.55. The number of rotatable bonds is 5. The summed E-state index contributed by atoms with van der Waals surface area (Å²) >= 11 is 0. The summed E-state index contributed by atoms with van der Waals surface area (Å²) < 4.78 is 11.6. The van der Waals surface area contributed by atoms with Crippen molar-refractivity contribution in [2.75, 3.05) is 18.1 Å². The van der Waals surface area contributed by atoms with Crippen molar-refractivity contribution in [2.24, 2.45) is 17.8 Å². The summed E-state index contributed by atoms with van der Waals surface area (Å²) in [5, 5.41) is 0. The third-order valence-electron chi connectivity index (χ3n) is 7.06. The van der Waals surface area contributed by atoms with Crippen LogP contribution in [-0.2, 0) is 25.2 Å². The van der Waals surface area contributed by atoms with Crippen LogP contribution in [0.25, 0.3) is 0 Å². The van der Waals surface area contributed by atoms with E-state index in [1.807, 2.05) is 12.1 Å². The van der Waals surface area contributed by atoms with Crippen molar-refractivity contribution in [1.29, 1.82) is 0 Å². The summed E-state index contributed by atoms with van der Waals surface area (Å²) in [4.78, 5) is 26.2. The van der Waals surface area contributed by atoms with Gasteiger partial charge in [-0.3, -0.25) is 4.79 Å². The monoisotopic (exact) mass is 401 g/mol. The zero-order valence-corrected chi connectivity index (χ0v) is 17.2. The van der Waals surface area contributed by atoms with Crippen molar-refractivity contribution in [3.8, 4) is 5.75 Å². The van der Waals surface area contributed by atoms with Crippen molar-refractivity contribution < 1.29 is 19.1 Å². The maximum Gasteiger partial charge on any atom is 0.344 e. The summed E-state index contributed by atoms with van der Waals surface area (Å²) in [5.41, 5.74) is -0.406. The van der Waals surface area contributed by atoms with Crippen molar-refractivity contribution in [1.82, 2.24) is 0 Å². The number of ketones is 1. The Hall–Kier alpha value is -1.49. The molecule has 5 fully saturated rings. The fraction of sp³-hybridized carbons (Fsp3) is 0.652. The Labute approximate surface area is 169 Å². The van der Waals surface area contributed by atoms with E-state index in [1.54, 1.807) is 0 Å². The first-order valence-electron chi connectivity index (χ1n) is 10.8. The van der Waals surface area contributed by atoms with E-state index in [-0.39, 0.29) is 24.4 Å². The lowest BCUT2D eigenvalue weighted by Crippen LogP contribution is -2.57. The highest BCUT2D eigenvalue weighted by atomic mass is 32.2. The van der Waals surface area contributed by atoms with Gasteiger partial charge in [0.15, 0.2) is 11.5 Å². The molecule has 28 heavy (non-hydrogen) atoms. The number of ether oxygens (including phenoxy) is 2. The molecule has 0 amide bonds.